The zero-order valence-corrected chi connectivity index (χ0v) is 30.8. The fourth-order valence-electron chi connectivity index (χ4n) is 8.28. The van der Waals surface area contributed by atoms with E-state index in [0.717, 1.165) is 77.4 Å². The van der Waals surface area contributed by atoms with Gasteiger partial charge in [-0.3, -0.25) is 19.6 Å². The van der Waals surface area contributed by atoms with Crippen LogP contribution in [-0.4, -0.2) is 26.3 Å². The van der Waals surface area contributed by atoms with Crippen LogP contribution in [0.1, 0.15) is 31.8 Å². The maximum Gasteiger partial charge on any atom is 0.268 e. The molecule has 0 saturated heterocycles. The summed E-state index contributed by atoms with van der Waals surface area (Å²) in [5, 5.41) is 2.08. The number of benzene rings is 6. The number of fused-ring (bicyclic) bond motifs is 4. The molecule has 0 atom stereocenters. The number of imide groups is 1. The number of aryl methyl sites for hydroxylation is 2. The minimum absolute atomic E-state index is 0.344. The topological polar surface area (TPSA) is 68.1 Å². The highest BCUT2D eigenvalue weighted by molar-refractivity contribution is 6.36. The molecule has 6 nitrogen and oxygen atoms in total. The van der Waals surface area contributed by atoms with E-state index >= 15 is 0 Å². The number of amides is 2. The lowest BCUT2D eigenvalue weighted by Crippen LogP contribution is -2.30. The predicted molar refractivity (Wildman–Crippen MR) is 225 cm³/mol. The van der Waals surface area contributed by atoms with Crippen molar-refractivity contribution in [2.75, 3.05) is 4.90 Å². The highest BCUT2D eigenvalue weighted by atomic mass is 16.2. The molecule has 9 aromatic rings. The fraction of sp³-hybridized carbons (Fsp3) is 0.0400. The predicted octanol–water partition coefficient (Wildman–Crippen LogP) is 11.7. The van der Waals surface area contributed by atoms with Crippen LogP contribution in [0.4, 0.5) is 5.69 Å². The second-order valence-electron chi connectivity index (χ2n) is 14.3. The van der Waals surface area contributed by atoms with E-state index in [0.29, 0.717) is 22.5 Å². The Bertz CT molecular complexity index is 2940. The van der Waals surface area contributed by atoms with Crippen molar-refractivity contribution in [3.63, 3.8) is 0 Å². The van der Waals surface area contributed by atoms with Gasteiger partial charge in [0.15, 0.2) is 0 Å². The summed E-state index contributed by atoms with van der Waals surface area (Å²) < 4.78 is 2.14. The van der Waals surface area contributed by atoms with Crippen LogP contribution >= 0.6 is 0 Å². The quantitative estimate of drug-likeness (QED) is 0.160. The van der Waals surface area contributed by atoms with Gasteiger partial charge in [0.2, 0.25) is 0 Å². The molecule has 6 heteroatoms. The number of anilines is 1. The second-order valence-corrected chi connectivity index (χ2v) is 14.3. The molecule has 1 aliphatic rings. The Morgan fingerprint density at radius 2 is 1.00 bits per heavy atom. The number of carbonyl (C=O) groups excluding carboxylic acids is 2. The summed E-state index contributed by atoms with van der Waals surface area (Å²) in [6.07, 6.45) is 7.40. The monoisotopic (exact) mass is 722 g/mol. The van der Waals surface area contributed by atoms with Crippen LogP contribution < -0.4 is 4.90 Å². The molecule has 0 fully saturated rings. The first kappa shape index (κ1) is 33.2. The summed E-state index contributed by atoms with van der Waals surface area (Å²) in [5.41, 5.74) is 14.1. The normalized spacial score (nSPS) is 12.5. The maximum absolute atomic E-state index is 15.0. The third kappa shape index (κ3) is 5.26. The minimum atomic E-state index is -0.353. The van der Waals surface area contributed by atoms with E-state index in [9.17, 15) is 9.59 Å². The van der Waals surface area contributed by atoms with E-state index in [1.54, 1.807) is 6.07 Å². The van der Waals surface area contributed by atoms with Crippen molar-refractivity contribution < 1.29 is 9.59 Å². The summed E-state index contributed by atoms with van der Waals surface area (Å²) in [6, 6.07) is 48.6. The Morgan fingerprint density at radius 3 is 1.59 bits per heavy atom. The average molecular weight is 723 g/mol. The second kappa shape index (κ2) is 13.1. The molecule has 2 amide bonds. The van der Waals surface area contributed by atoms with Crippen molar-refractivity contribution >= 4 is 39.3 Å². The third-order valence-corrected chi connectivity index (χ3v) is 11.0. The lowest BCUT2D eigenvalue weighted by Gasteiger charge is -2.20. The Hall–Kier alpha value is -7.44. The molecular formula is C50H34N4O2. The third-order valence-electron chi connectivity index (χ3n) is 11.0. The smallest absolute Gasteiger partial charge is 0.268 e. The number of rotatable bonds is 6. The molecular weight excluding hydrogens is 689 g/mol. The van der Waals surface area contributed by atoms with Crippen LogP contribution in [0.2, 0.25) is 0 Å². The van der Waals surface area contributed by atoms with Gasteiger partial charge in [-0.05, 0) is 125 Å². The SMILES string of the molecule is Cc1cnccc1-c1ccc2c(c1)c1cc(-c3ccncc3C)ccc1n2-c1cccc2c1C(=O)N(c1ccc(-c3ccccc3)cc1-c1ccccc1)C2=O. The largest absolute Gasteiger partial charge is 0.308 e. The molecule has 6 aromatic carbocycles. The van der Waals surface area contributed by atoms with Gasteiger partial charge in [-0.25, -0.2) is 4.90 Å². The lowest BCUT2D eigenvalue weighted by molar-refractivity contribution is 0.0926. The van der Waals surface area contributed by atoms with Crippen LogP contribution in [-0.2, 0) is 0 Å². The van der Waals surface area contributed by atoms with Crippen molar-refractivity contribution in [1.29, 1.82) is 0 Å². The molecule has 10 rings (SSSR count). The maximum atomic E-state index is 15.0. The zero-order valence-electron chi connectivity index (χ0n) is 30.8. The first-order chi connectivity index (χ1) is 27.5. The molecule has 0 unspecified atom stereocenters. The first-order valence-electron chi connectivity index (χ1n) is 18.6. The first-order valence-corrected chi connectivity index (χ1v) is 18.6. The molecule has 0 aliphatic carbocycles. The Kier molecular flexibility index (Phi) is 7.78. The fourth-order valence-corrected chi connectivity index (χ4v) is 8.28. The average Bonchev–Trinajstić information content (AvgIpc) is 3.70. The van der Waals surface area contributed by atoms with Crippen LogP contribution in [0.15, 0.2) is 170 Å². The highest BCUT2D eigenvalue weighted by Gasteiger charge is 2.40. The van der Waals surface area contributed by atoms with Crippen LogP contribution in [0.5, 0.6) is 0 Å². The van der Waals surface area contributed by atoms with Crippen LogP contribution in [0.25, 0.3) is 72.0 Å². The standard InChI is InChI=1S/C50H34N4O2/c1-31-29-51-24-22-38(31)36-17-20-45-42(27-36)43-28-37(39-23-25-52-30-32(39)2)18-21-46(43)53(45)47-15-9-14-40-48(47)50(56)54(49(40)55)44-19-16-35(33-10-5-3-6-11-33)26-41(44)34-12-7-4-8-13-34/h3-30H,1-2H3. The van der Waals surface area contributed by atoms with Crippen molar-refractivity contribution in [3.05, 3.63) is 193 Å². The van der Waals surface area contributed by atoms with E-state index in [-0.39, 0.29) is 11.8 Å². The molecule has 0 N–H and O–H groups in total. The minimum Gasteiger partial charge on any atom is -0.308 e. The molecule has 266 valence electrons. The van der Waals surface area contributed by atoms with Crippen molar-refractivity contribution in [3.8, 4) is 50.2 Å². The van der Waals surface area contributed by atoms with Gasteiger partial charge in [0.1, 0.15) is 0 Å². The molecule has 3 aromatic heterocycles. The molecule has 1 aliphatic heterocycles. The number of aromatic nitrogens is 3. The molecule has 0 spiro atoms. The summed E-state index contributed by atoms with van der Waals surface area (Å²) in [4.78, 5) is 39.5. The number of nitrogens with zero attached hydrogens (tertiary/aromatic N) is 4. The van der Waals surface area contributed by atoms with Gasteiger partial charge in [0, 0.05) is 41.1 Å². The van der Waals surface area contributed by atoms with Gasteiger partial charge in [0.25, 0.3) is 11.8 Å². The zero-order chi connectivity index (χ0) is 37.9. The van der Waals surface area contributed by atoms with Crippen molar-refractivity contribution in [1.82, 2.24) is 14.5 Å². The number of pyridine rings is 2. The van der Waals surface area contributed by atoms with Gasteiger partial charge in [-0.15, -0.1) is 0 Å². The van der Waals surface area contributed by atoms with Crippen LogP contribution in [0.3, 0.4) is 0 Å². The van der Waals surface area contributed by atoms with Gasteiger partial charge in [-0.1, -0.05) is 84.9 Å². The summed E-state index contributed by atoms with van der Waals surface area (Å²) in [5.74, 6) is -0.698. The van der Waals surface area contributed by atoms with Gasteiger partial charge >= 0.3 is 0 Å². The summed E-state index contributed by atoms with van der Waals surface area (Å²) in [6.45, 7) is 4.14. The molecule has 0 saturated carbocycles. The van der Waals surface area contributed by atoms with E-state index in [1.807, 2.05) is 110 Å². The van der Waals surface area contributed by atoms with E-state index in [4.69, 9.17) is 0 Å². The molecule has 0 radical (unpaired) electrons. The number of hydrogen-bond acceptors (Lipinski definition) is 4. The van der Waals surface area contributed by atoms with Crippen molar-refractivity contribution in [2.45, 2.75) is 13.8 Å². The van der Waals surface area contributed by atoms with Crippen LogP contribution in [0, 0.1) is 13.8 Å². The molecule has 56 heavy (non-hydrogen) atoms. The van der Waals surface area contributed by atoms with Gasteiger partial charge < -0.3 is 4.57 Å². The lowest BCUT2D eigenvalue weighted by atomic mass is 9.97. The Morgan fingerprint density at radius 1 is 0.429 bits per heavy atom. The van der Waals surface area contributed by atoms with E-state index in [1.165, 1.54) is 4.90 Å². The van der Waals surface area contributed by atoms with E-state index in [2.05, 4.69) is 83.0 Å². The van der Waals surface area contributed by atoms with E-state index < -0.39 is 0 Å². The highest BCUT2D eigenvalue weighted by Crippen LogP contribution is 2.43. The summed E-state index contributed by atoms with van der Waals surface area (Å²) >= 11 is 0. The van der Waals surface area contributed by atoms with Gasteiger partial charge in [0.05, 0.1) is 33.5 Å². The number of hydrogen-bond donors (Lipinski definition) is 0. The van der Waals surface area contributed by atoms with Crippen molar-refractivity contribution in [2.24, 2.45) is 0 Å². The molecule has 4 heterocycles. The summed E-state index contributed by atoms with van der Waals surface area (Å²) in [7, 11) is 0. The Labute approximate surface area is 324 Å². The van der Waals surface area contributed by atoms with Gasteiger partial charge in [-0.2, -0.15) is 0 Å². The Balaban J connectivity index is 1.18. The molecule has 0 bridgehead atoms. The number of carbonyl (C=O) groups is 2.